The lowest BCUT2D eigenvalue weighted by Crippen LogP contribution is -2.00. The van der Waals surface area contributed by atoms with Gasteiger partial charge in [0.15, 0.2) is 0 Å². The zero-order chi connectivity index (χ0) is 14.2. The molecule has 2 aromatic rings. The number of hydrogen-bond acceptors (Lipinski definition) is 3. The Labute approximate surface area is 119 Å². The summed E-state index contributed by atoms with van der Waals surface area (Å²) >= 11 is 0. The van der Waals surface area contributed by atoms with Crippen molar-refractivity contribution in [1.82, 2.24) is 9.97 Å². The van der Waals surface area contributed by atoms with E-state index in [9.17, 15) is 4.79 Å². The maximum absolute atomic E-state index is 10.9. The molecule has 0 fully saturated rings. The number of nitrogens with one attached hydrogen (secondary N) is 1. The van der Waals surface area contributed by atoms with E-state index in [0.717, 1.165) is 30.7 Å². The highest BCUT2D eigenvalue weighted by molar-refractivity contribution is 5.75. The predicted octanol–water partition coefficient (Wildman–Crippen LogP) is 2.94. The number of imidazole rings is 1. The Bertz CT molecular complexity index is 518. The van der Waals surface area contributed by atoms with Crippen LogP contribution < -0.4 is 4.74 Å². The summed E-state index contributed by atoms with van der Waals surface area (Å²) in [5, 5.41) is 0. The number of H-pyrrole nitrogens is 1. The van der Waals surface area contributed by atoms with E-state index in [2.05, 4.69) is 9.97 Å². The van der Waals surface area contributed by atoms with Crippen molar-refractivity contribution in [3.63, 3.8) is 0 Å². The number of aromatic amines is 1. The molecule has 0 unspecified atom stereocenters. The van der Waals surface area contributed by atoms with E-state index < -0.39 is 0 Å². The largest absolute Gasteiger partial charge is 0.494 e. The summed E-state index contributed by atoms with van der Waals surface area (Å²) in [5.41, 5.74) is 2.23. The zero-order valence-electron chi connectivity index (χ0n) is 11.8. The number of carbonyl (C=O) groups is 1. The number of aryl methyl sites for hydroxylation is 2. The first-order valence-electron chi connectivity index (χ1n) is 6.93. The highest BCUT2D eigenvalue weighted by atomic mass is 16.5. The Morgan fingerprint density at radius 2 is 2.05 bits per heavy atom. The van der Waals surface area contributed by atoms with E-state index in [-0.39, 0.29) is 5.78 Å². The second-order valence-electron chi connectivity index (χ2n) is 4.86. The van der Waals surface area contributed by atoms with E-state index in [1.165, 1.54) is 5.56 Å². The van der Waals surface area contributed by atoms with Gasteiger partial charge in [-0.3, -0.25) is 0 Å². The highest BCUT2D eigenvalue weighted by Crippen LogP contribution is 2.14. The summed E-state index contributed by atoms with van der Waals surface area (Å²) in [6.07, 6.45) is 6.86. The lowest BCUT2D eigenvalue weighted by atomic mass is 10.1. The second-order valence-corrected chi connectivity index (χ2v) is 4.86. The minimum Gasteiger partial charge on any atom is -0.494 e. The molecule has 0 aliphatic carbocycles. The number of Topliss-reactive ketones (excluding diaryl/α,β-unsaturated/α-hetero) is 1. The fourth-order valence-corrected chi connectivity index (χ4v) is 1.94. The van der Waals surface area contributed by atoms with Gasteiger partial charge in [-0.2, -0.15) is 0 Å². The van der Waals surface area contributed by atoms with Gasteiger partial charge in [-0.1, -0.05) is 12.1 Å². The van der Waals surface area contributed by atoms with Gasteiger partial charge in [0.2, 0.25) is 0 Å². The Hall–Kier alpha value is -2.10. The van der Waals surface area contributed by atoms with Crippen LogP contribution in [0.25, 0.3) is 0 Å². The first kappa shape index (κ1) is 14.3. The van der Waals surface area contributed by atoms with E-state index >= 15 is 0 Å². The Morgan fingerprint density at radius 1 is 1.25 bits per heavy atom. The van der Waals surface area contributed by atoms with Crippen LogP contribution in [0.5, 0.6) is 5.75 Å². The number of carbonyl (C=O) groups excluding carboxylic acids is 1. The van der Waals surface area contributed by atoms with Crippen molar-refractivity contribution < 1.29 is 9.53 Å². The molecule has 0 amide bonds. The van der Waals surface area contributed by atoms with Crippen LogP contribution in [0.1, 0.15) is 31.0 Å². The third-order valence-electron chi connectivity index (χ3n) is 3.09. The minimum absolute atomic E-state index is 0.226. The van der Waals surface area contributed by atoms with E-state index in [4.69, 9.17) is 4.74 Å². The van der Waals surface area contributed by atoms with Crippen molar-refractivity contribution in [3.8, 4) is 5.75 Å². The quantitative estimate of drug-likeness (QED) is 0.752. The van der Waals surface area contributed by atoms with E-state index in [1.807, 2.05) is 30.5 Å². The van der Waals surface area contributed by atoms with Crippen LogP contribution in [0, 0.1) is 0 Å². The van der Waals surface area contributed by atoms with Crippen LogP contribution in [-0.2, 0) is 17.6 Å². The fourth-order valence-electron chi connectivity index (χ4n) is 1.94. The van der Waals surface area contributed by atoms with Crippen molar-refractivity contribution in [2.45, 2.75) is 32.6 Å². The molecule has 1 aromatic carbocycles. The molecule has 0 aliphatic rings. The maximum Gasteiger partial charge on any atom is 0.130 e. The third kappa shape index (κ3) is 4.88. The zero-order valence-corrected chi connectivity index (χ0v) is 11.8. The molecule has 0 bridgehead atoms. The molecule has 1 heterocycles. The number of rotatable bonds is 8. The molecule has 1 N–H and O–H groups in total. The van der Waals surface area contributed by atoms with Gasteiger partial charge in [0.25, 0.3) is 0 Å². The highest BCUT2D eigenvalue weighted by Gasteiger charge is 1.99. The topological polar surface area (TPSA) is 55.0 Å². The van der Waals surface area contributed by atoms with Crippen LogP contribution >= 0.6 is 0 Å². The molecule has 0 aliphatic heterocycles. The van der Waals surface area contributed by atoms with Gasteiger partial charge in [-0.25, -0.2) is 4.98 Å². The fraction of sp³-hybridized carbons (Fsp3) is 0.375. The Balaban J connectivity index is 1.69. The predicted molar refractivity (Wildman–Crippen MR) is 77.8 cm³/mol. The molecule has 0 saturated carbocycles. The average molecular weight is 272 g/mol. The van der Waals surface area contributed by atoms with Crippen LogP contribution in [-0.4, -0.2) is 22.4 Å². The number of nitrogens with zero attached hydrogens (tertiary/aromatic N) is 1. The molecule has 20 heavy (non-hydrogen) atoms. The smallest absolute Gasteiger partial charge is 0.130 e. The molecule has 0 saturated heterocycles. The standard InChI is InChI=1S/C16H20N2O2/c1-13(19)4-5-14-6-8-16(9-7-14)20-10-2-3-15-11-17-12-18-15/h6-9,11-12H,2-5,10H2,1H3,(H,17,18). The molecule has 4 nitrogen and oxygen atoms in total. The van der Waals surface area contributed by atoms with Crippen molar-refractivity contribution in [3.05, 3.63) is 48.0 Å². The van der Waals surface area contributed by atoms with Crippen LogP contribution in [0.4, 0.5) is 0 Å². The summed E-state index contributed by atoms with van der Waals surface area (Å²) in [4.78, 5) is 18.0. The monoisotopic (exact) mass is 272 g/mol. The number of ketones is 1. The molecular weight excluding hydrogens is 252 g/mol. The molecule has 2 rings (SSSR count). The molecular formula is C16H20N2O2. The lowest BCUT2D eigenvalue weighted by Gasteiger charge is -2.06. The first-order chi connectivity index (χ1) is 9.74. The lowest BCUT2D eigenvalue weighted by molar-refractivity contribution is -0.116. The number of aromatic nitrogens is 2. The average Bonchev–Trinajstić information content (AvgIpc) is 2.96. The normalized spacial score (nSPS) is 10.4. The van der Waals surface area contributed by atoms with Crippen molar-refractivity contribution in [2.24, 2.45) is 0 Å². The first-order valence-corrected chi connectivity index (χ1v) is 6.93. The molecule has 4 heteroatoms. The summed E-state index contributed by atoms with van der Waals surface area (Å²) in [7, 11) is 0. The Morgan fingerprint density at radius 3 is 2.70 bits per heavy atom. The van der Waals surface area contributed by atoms with Gasteiger partial charge >= 0.3 is 0 Å². The van der Waals surface area contributed by atoms with E-state index in [1.54, 1.807) is 13.3 Å². The summed E-state index contributed by atoms with van der Waals surface area (Å²) in [6.45, 7) is 2.30. The van der Waals surface area contributed by atoms with Gasteiger partial charge in [0.1, 0.15) is 11.5 Å². The van der Waals surface area contributed by atoms with Crippen LogP contribution in [0.3, 0.4) is 0 Å². The van der Waals surface area contributed by atoms with Crippen LogP contribution in [0.15, 0.2) is 36.8 Å². The maximum atomic E-state index is 10.9. The molecule has 1 aromatic heterocycles. The van der Waals surface area contributed by atoms with Crippen molar-refractivity contribution in [2.75, 3.05) is 6.61 Å². The number of benzene rings is 1. The second kappa shape index (κ2) is 7.48. The molecule has 0 atom stereocenters. The number of ether oxygens (including phenoxy) is 1. The molecule has 0 radical (unpaired) electrons. The van der Waals surface area contributed by atoms with Gasteiger partial charge in [0, 0.05) is 12.6 Å². The Kier molecular flexibility index (Phi) is 5.35. The summed E-state index contributed by atoms with van der Waals surface area (Å²) in [5.74, 6) is 1.10. The van der Waals surface area contributed by atoms with Gasteiger partial charge in [-0.05, 0) is 43.9 Å². The van der Waals surface area contributed by atoms with Crippen molar-refractivity contribution in [1.29, 1.82) is 0 Å². The summed E-state index contributed by atoms with van der Waals surface area (Å²) in [6, 6.07) is 7.96. The molecule has 106 valence electrons. The molecule has 0 spiro atoms. The van der Waals surface area contributed by atoms with Gasteiger partial charge in [0.05, 0.1) is 18.6 Å². The van der Waals surface area contributed by atoms with E-state index in [0.29, 0.717) is 13.0 Å². The number of hydrogen-bond donors (Lipinski definition) is 1. The SMILES string of the molecule is CC(=O)CCc1ccc(OCCCc2c[nH]cn2)cc1. The van der Waals surface area contributed by atoms with Crippen LogP contribution in [0.2, 0.25) is 0 Å². The summed E-state index contributed by atoms with van der Waals surface area (Å²) < 4.78 is 5.68. The minimum atomic E-state index is 0.226. The van der Waals surface area contributed by atoms with Crippen molar-refractivity contribution >= 4 is 5.78 Å². The van der Waals surface area contributed by atoms with Gasteiger partial charge < -0.3 is 14.5 Å². The third-order valence-corrected chi connectivity index (χ3v) is 3.09. The van der Waals surface area contributed by atoms with Gasteiger partial charge in [-0.15, -0.1) is 0 Å².